The fraction of sp³-hybridized carbons (Fsp3) is 0.0952. The summed E-state index contributed by atoms with van der Waals surface area (Å²) >= 11 is 0. The van der Waals surface area contributed by atoms with Crippen molar-refractivity contribution in [2.24, 2.45) is 0 Å². The molecule has 0 spiro atoms. The first-order valence-electron chi connectivity index (χ1n) is 8.66. The fourth-order valence-corrected chi connectivity index (χ4v) is 3.17. The molecule has 1 fully saturated rings. The van der Waals surface area contributed by atoms with Crippen LogP contribution in [0.5, 0.6) is 0 Å². The van der Waals surface area contributed by atoms with Gasteiger partial charge in [0.25, 0.3) is 11.8 Å². The monoisotopic (exact) mass is 375 g/mol. The van der Waals surface area contributed by atoms with Gasteiger partial charge in [-0.1, -0.05) is 42.5 Å². The van der Waals surface area contributed by atoms with E-state index in [2.05, 4.69) is 16.0 Å². The van der Waals surface area contributed by atoms with E-state index in [1.54, 1.807) is 37.3 Å². The second kappa shape index (κ2) is 6.70. The number of carbonyl (C=O) groups excluding carboxylic acids is 3. The first-order chi connectivity index (χ1) is 13.5. The highest BCUT2D eigenvalue weighted by Crippen LogP contribution is 2.28. The Balaban J connectivity index is 1.60. The Morgan fingerprint density at radius 2 is 1.82 bits per heavy atom. The van der Waals surface area contributed by atoms with Gasteiger partial charge in [-0.3, -0.25) is 14.9 Å². The maximum Gasteiger partial charge on any atom is 0.322 e. The summed E-state index contributed by atoms with van der Waals surface area (Å²) in [6, 6.07) is 17.4. The van der Waals surface area contributed by atoms with Gasteiger partial charge in [0.1, 0.15) is 5.54 Å². The molecule has 0 aliphatic carbocycles. The summed E-state index contributed by atoms with van der Waals surface area (Å²) in [6.45, 7) is 1.61. The summed E-state index contributed by atoms with van der Waals surface area (Å²) in [5.41, 5.74) is 1.39. The third kappa shape index (κ3) is 3.03. The number of urea groups is 1. The van der Waals surface area contributed by atoms with Crippen molar-refractivity contribution in [1.29, 1.82) is 0 Å². The largest absolute Gasteiger partial charge is 0.459 e. The van der Waals surface area contributed by atoms with Crippen LogP contribution in [0.3, 0.4) is 0 Å². The molecule has 1 saturated heterocycles. The molecule has 1 aliphatic rings. The van der Waals surface area contributed by atoms with Crippen molar-refractivity contribution in [2.75, 3.05) is 5.32 Å². The first-order valence-corrected chi connectivity index (χ1v) is 8.66. The van der Waals surface area contributed by atoms with Crippen molar-refractivity contribution in [3.05, 3.63) is 78.3 Å². The summed E-state index contributed by atoms with van der Waals surface area (Å²) in [6.07, 6.45) is 1.47. The quantitative estimate of drug-likeness (QED) is 0.609. The zero-order chi connectivity index (χ0) is 19.7. The van der Waals surface area contributed by atoms with Crippen LogP contribution >= 0.6 is 0 Å². The lowest BCUT2D eigenvalue weighted by atomic mass is 9.92. The molecule has 140 valence electrons. The second-order valence-electron chi connectivity index (χ2n) is 6.60. The molecule has 3 aromatic rings. The number of hydrogen-bond donors (Lipinski definition) is 3. The minimum atomic E-state index is -1.20. The number of amides is 4. The molecule has 28 heavy (non-hydrogen) atoms. The zero-order valence-electron chi connectivity index (χ0n) is 15.0. The molecule has 0 bridgehead atoms. The normalized spacial score (nSPS) is 18.5. The molecule has 1 aliphatic heterocycles. The first kappa shape index (κ1) is 17.5. The van der Waals surface area contributed by atoms with Crippen molar-refractivity contribution in [3.8, 4) is 11.1 Å². The van der Waals surface area contributed by atoms with Gasteiger partial charge in [-0.05, 0) is 36.2 Å². The van der Waals surface area contributed by atoms with Gasteiger partial charge in [0, 0.05) is 11.3 Å². The lowest BCUT2D eigenvalue weighted by Crippen LogP contribution is -2.40. The third-order valence-electron chi connectivity index (χ3n) is 4.70. The van der Waals surface area contributed by atoms with Crippen LogP contribution in [-0.4, -0.2) is 17.8 Å². The van der Waals surface area contributed by atoms with E-state index < -0.39 is 23.4 Å². The third-order valence-corrected chi connectivity index (χ3v) is 4.70. The van der Waals surface area contributed by atoms with Gasteiger partial charge in [-0.2, -0.15) is 0 Å². The van der Waals surface area contributed by atoms with Crippen molar-refractivity contribution in [1.82, 2.24) is 10.6 Å². The average Bonchev–Trinajstić information content (AvgIpc) is 3.28. The topological polar surface area (TPSA) is 100 Å². The van der Waals surface area contributed by atoms with Crippen LogP contribution in [0, 0.1) is 0 Å². The molecular formula is C21H17N3O4. The van der Waals surface area contributed by atoms with Gasteiger partial charge >= 0.3 is 6.03 Å². The van der Waals surface area contributed by atoms with Crippen LogP contribution < -0.4 is 16.0 Å². The predicted octanol–water partition coefficient (Wildman–Crippen LogP) is 3.25. The Bertz CT molecular complexity index is 1070. The van der Waals surface area contributed by atoms with Crippen LogP contribution in [0.4, 0.5) is 10.5 Å². The van der Waals surface area contributed by atoms with Crippen LogP contribution in [-0.2, 0) is 10.3 Å². The summed E-state index contributed by atoms with van der Waals surface area (Å²) in [5.74, 6) is -0.667. The standard InChI is InChI=1S/C21H17N3O4/c1-21(19(26)23-20(27)24-21)14-8-5-9-15(12-14)22-18(25)17-16(10-11-28-17)13-6-3-2-4-7-13/h2-12H,1H3,(H,22,25)(H2,23,24,26,27)/t21-/m1/s1. The van der Waals surface area contributed by atoms with Gasteiger partial charge < -0.3 is 15.1 Å². The maximum atomic E-state index is 12.7. The van der Waals surface area contributed by atoms with E-state index in [0.717, 1.165) is 5.56 Å². The number of furan rings is 1. The van der Waals surface area contributed by atoms with Crippen LogP contribution in [0.1, 0.15) is 23.0 Å². The molecule has 1 aromatic heterocycles. The highest BCUT2D eigenvalue weighted by atomic mass is 16.3. The second-order valence-corrected chi connectivity index (χ2v) is 6.60. The van der Waals surface area contributed by atoms with Crippen LogP contribution in [0.25, 0.3) is 11.1 Å². The number of hydrogen-bond acceptors (Lipinski definition) is 4. The van der Waals surface area contributed by atoms with E-state index in [1.165, 1.54) is 6.26 Å². The van der Waals surface area contributed by atoms with Crippen LogP contribution in [0.15, 0.2) is 71.3 Å². The van der Waals surface area contributed by atoms with E-state index in [9.17, 15) is 14.4 Å². The highest BCUT2D eigenvalue weighted by molar-refractivity contribution is 6.08. The smallest absolute Gasteiger partial charge is 0.322 e. The van der Waals surface area contributed by atoms with Gasteiger partial charge in [0.05, 0.1) is 6.26 Å². The minimum absolute atomic E-state index is 0.190. The van der Waals surface area contributed by atoms with Gasteiger partial charge in [0.15, 0.2) is 5.76 Å². The lowest BCUT2D eigenvalue weighted by molar-refractivity contribution is -0.123. The summed E-state index contributed by atoms with van der Waals surface area (Å²) in [4.78, 5) is 36.4. The van der Waals surface area contributed by atoms with E-state index in [4.69, 9.17) is 4.42 Å². The fourth-order valence-electron chi connectivity index (χ4n) is 3.17. The predicted molar refractivity (Wildman–Crippen MR) is 103 cm³/mol. The SMILES string of the molecule is C[C@]1(c2cccc(NC(=O)c3occc3-c3ccccc3)c2)NC(=O)NC1=O. The van der Waals surface area contributed by atoms with Crippen molar-refractivity contribution >= 4 is 23.5 Å². The number of benzene rings is 2. The molecule has 4 amide bonds. The maximum absolute atomic E-state index is 12.7. The van der Waals surface area contributed by atoms with Gasteiger partial charge in [0.2, 0.25) is 0 Å². The number of nitrogens with one attached hydrogen (secondary N) is 3. The molecule has 7 nitrogen and oxygen atoms in total. The summed E-state index contributed by atoms with van der Waals surface area (Å²) in [7, 11) is 0. The Labute approximate surface area is 160 Å². The van der Waals surface area contributed by atoms with E-state index in [1.807, 2.05) is 30.3 Å². The van der Waals surface area contributed by atoms with E-state index in [-0.39, 0.29) is 5.76 Å². The lowest BCUT2D eigenvalue weighted by Gasteiger charge is -2.21. The Hall–Kier alpha value is -3.87. The van der Waals surface area contributed by atoms with Crippen molar-refractivity contribution in [3.63, 3.8) is 0 Å². The molecule has 0 saturated carbocycles. The Morgan fingerprint density at radius 3 is 2.54 bits per heavy atom. The molecule has 0 radical (unpaired) electrons. The molecule has 7 heteroatoms. The van der Waals surface area contributed by atoms with Gasteiger partial charge in [-0.25, -0.2) is 4.79 Å². The summed E-state index contributed by atoms with van der Waals surface area (Å²) in [5, 5.41) is 7.61. The van der Waals surface area contributed by atoms with Crippen molar-refractivity contribution < 1.29 is 18.8 Å². The van der Waals surface area contributed by atoms with Crippen molar-refractivity contribution in [2.45, 2.75) is 12.5 Å². The minimum Gasteiger partial charge on any atom is -0.459 e. The highest BCUT2D eigenvalue weighted by Gasteiger charge is 2.43. The van der Waals surface area contributed by atoms with Crippen LogP contribution in [0.2, 0.25) is 0 Å². The molecule has 2 heterocycles. The number of imide groups is 1. The van der Waals surface area contributed by atoms with Gasteiger partial charge in [-0.15, -0.1) is 0 Å². The average molecular weight is 375 g/mol. The molecule has 0 unspecified atom stereocenters. The Morgan fingerprint density at radius 1 is 1.04 bits per heavy atom. The number of carbonyl (C=O) groups is 3. The molecule has 1 atom stereocenters. The molecule has 4 rings (SSSR count). The molecule has 3 N–H and O–H groups in total. The number of anilines is 1. The number of rotatable bonds is 4. The van der Waals surface area contributed by atoms with E-state index in [0.29, 0.717) is 16.8 Å². The molecule has 2 aromatic carbocycles. The van der Waals surface area contributed by atoms with E-state index >= 15 is 0 Å². The molecular weight excluding hydrogens is 358 g/mol. The summed E-state index contributed by atoms with van der Waals surface area (Å²) < 4.78 is 5.40. The Kier molecular flexibility index (Phi) is 4.19. The zero-order valence-corrected chi connectivity index (χ0v) is 15.0.